The van der Waals surface area contributed by atoms with Gasteiger partial charge in [-0.05, 0) is 61.3 Å². The van der Waals surface area contributed by atoms with Crippen molar-refractivity contribution >= 4 is 22.4 Å². The molecule has 4 aromatic rings. The van der Waals surface area contributed by atoms with Crippen LogP contribution in [0.5, 0.6) is 5.75 Å². The van der Waals surface area contributed by atoms with Gasteiger partial charge in [0, 0.05) is 79.4 Å². The highest BCUT2D eigenvalue weighted by Gasteiger charge is 2.28. The van der Waals surface area contributed by atoms with Gasteiger partial charge in [0.25, 0.3) is 0 Å². The second-order valence-corrected chi connectivity index (χ2v) is 10.8. The van der Waals surface area contributed by atoms with Crippen LogP contribution in [0.3, 0.4) is 0 Å². The number of aromatic nitrogens is 1. The van der Waals surface area contributed by atoms with Gasteiger partial charge in [-0.2, -0.15) is 0 Å². The van der Waals surface area contributed by atoms with Crippen molar-refractivity contribution in [3.8, 4) is 16.9 Å². The number of H-pyrrole nitrogens is 1. The van der Waals surface area contributed by atoms with Crippen molar-refractivity contribution in [2.45, 2.75) is 19.0 Å². The van der Waals surface area contributed by atoms with Crippen LogP contribution in [0, 0.1) is 0 Å². The third-order valence-corrected chi connectivity index (χ3v) is 7.96. The van der Waals surface area contributed by atoms with Crippen LogP contribution in [0.4, 0.5) is 5.69 Å². The quantitative estimate of drug-likeness (QED) is 0.303. The van der Waals surface area contributed by atoms with Crippen LogP contribution >= 0.6 is 0 Å². The molecule has 7 nitrogen and oxygen atoms in total. The van der Waals surface area contributed by atoms with Crippen molar-refractivity contribution < 1.29 is 9.53 Å². The summed E-state index contributed by atoms with van der Waals surface area (Å²) in [6.07, 6.45) is 1.96. The number of Topliss-reactive ketones (excluding diaryl/α,β-unsaturated/α-hetero) is 1. The molecule has 0 aliphatic carbocycles. The number of piperazine rings is 1. The maximum atomic E-state index is 14.0. The molecular formula is C32H37N5O2. The van der Waals surface area contributed by atoms with Crippen molar-refractivity contribution in [3.63, 3.8) is 0 Å². The number of ether oxygens (including phenoxy) is 1. The van der Waals surface area contributed by atoms with Crippen molar-refractivity contribution in [1.29, 1.82) is 0 Å². The normalized spacial score (nSPS) is 20.3. The first kappa shape index (κ1) is 25.6. The number of carbonyl (C=O) groups is 1. The summed E-state index contributed by atoms with van der Waals surface area (Å²) in [5.41, 5.74) is 5.81. The van der Waals surface area contributed by atoms with Crippen LogP contribution in [0.25, 0.3) is 22.0 Å². The van der Waals surface area contributed by atoms with Crippen molar-refractivity contribution in [3.05, 3.63) is 84.1 Å². The lowest BCUT2D eigenvalue weighted by Gasteiger charge is -2.32. The van der Waals surface area contributed by atoms with E-state index < -0.39 is 6.04 Å². The fourth-order valence-electron chi connectivity index (χ4n) is 5.61. The Balaban J connectivity index is 1.30. The average Bonchev–Trinajstić information content (AvgIpc) is 3.36. The molecule has 0 radical (unpaired) electrons. The van der Waals surface area contributed by atoms with Crippen molar-refractivity contribution in [2.75, 3.05) is 58.2 Å². The Morgan fingerprint density at radius 3 is 2.72 bits per heavy atom. The van der Waals surface area contributed by atoms with Gasteiger partial charge < -0.3 is 25.3 Å². The molecule has 7 heteroatoms. The fraction of sp³-hybridized carbons (Fsp3) is 0.344. The van der Waals surface area contributed by atoms with E-state index in [0.29, 0.717) is 18.7 Å². The van der Waals surface area contributed by atoms with Gasteiger partial charge in [-0.1, -0.05) is 30.3 Å². The van der Waals surface area contributed by atoms with Crippen LogP contribution in [0.1, 0.15) is 28.9 Å². The molecule has 2 atom stereocenters. The van der Waals surface area contributed by atoms with Gasteiger partial charge in [-0.3, -0.25) is 9.69 Å². The molecule has 1 unspecified atom stereocenters. The van der Waals surface area contributed by atoms with Crippen molar-refractivity contribution in [1.82, 2.24) is 20.1 Å². The highest BCUT2D eigenvalue weighted by atomic mass is 16.5. The Kier molecular flexibility index (Phi) is 7.37. The highest BCUT2D eigenvalue weighted by Crippen LogP contribution is 2.35. The maximum Gasteiger partial charge on any atom is 0.184 e. The summed E-state index contributed by atoms with van der Waals surface area (Å²) in [4.78, 5) is 22.0. The van der Waals surface area contributed by atoms with E-state index in [4.69, 9.17) is 4.74 Å². The number of anilines is 1. The SMILES string of the molecule is C[C@H]1CNC(C(=O)c2ccc(-c3ccc4[nH]ccc4c3)c(OCCN3CCN(C)CC3)c2)c2ccccc2N1. The van der Waals surface area contributed by atoms with Crippen LogP contribution < -0.4 is 15.4 Å². The Bertz CT molecular complexity index is 1460. The van der Waals surface area contributed by atoms with Gasteiger partial charge in [0.15, 0.2) is 5.78 Å². The monoisotopic (exact) mass is 523 g/mol. The van der Waals surface area contributed by atoms with E-state index >= 15 is 0 Å². The zero-order valence-electron chi connectivity index (χ0n) is 22.7. The number of rotatable bonds is 7. The van der Waals surface area contributed by atoms with Gasteiger partial charge in [-0.25, -0.2) is 0 Å². The summed E-state index contributed by atoms with van der Waals surface area (Å²) in [6, 6.07) is 22.3. The lowest BCUT2D eigenvalue weighted by atomic mass is 9.94. The minimum absolute atomic E-state index is 0.0508. The van der Waals surface area contributed by atoms with Crippen LogP contribution in [-0.2, 0) is 0 Å². The van der Waals surface area contributed by atoms with Crippen LogP contribution in [0.2, 0.25) is 0 Å². The summed E-state index contributed by atoms with van der Waals surface area (Å²) in [6.45, 7) is 8.52. The molecule has 0 bridgehead atoms. The Morgan fingerprint density at radius 2 is 1.85 bits per heavy atom. The molecular weight excluding hydrogens is 486 g/mol. The number of benzene rings is 3. The molecule has 1 aromatic heterocycles. The first-order valence-electron chi connectivity index (χ1n) is 13.9. The Labute approximate surface area is 230 Å². The molecule has 0 amide bonds. The average molecular weight is 524 g/mol. The first-order valence-corrected chi connectivity index (χ1v) is 13.9. The maximum absolute atomic E-state index is 14.0. The molecule has 39 heavy (non-hydrogen) atoms. The van der Waals surface area contributed by atoms with Gasteiger partial charge in [-0.15, -0.1) is 0 Å². The number of hydrogen-bond acceptors (Lipinski definition) is 6. The van der Waals surface area contributed by atoms with E-state index in [0.717, 1.165) is 71.8 Å². The number of hydrogen-bond donors (Lipinski definition) is 3. The molecule has 0 saturated carbocycles. The molecule has 1 fully saturated rings. The van der Waals surface area contributed by atoms with E-state index in [1.54, 1.807) is 0 Å². The fourth-order valence-corrected chi connectivity index (χ4v) is 5.61. The molecule has 2 aliphatic heterocycles. The van der Waals surface area contributed by atoms with E-state index in [9.17, 15) is 4.79 Å². The summed E-state index contributed by atoms with van der Waals surface area (Å²) in [7, 11) is 2.17. The molecule has 3 heterocycles. The zero-order chi connectivity index (χ0) is 26.8. The number of aromatic amines is 1. The summed E-state index contributed by atoms with van der Waals surface area (Å²) in [5.74, 6) is 0.799. The Hall–Kier alpha value is -3.65. The molecule has 3 N–H and O–H groups in total. The predicted molar refractivity (Wildman–Crippen MR) is 158 cm³/mol. The number of likely N-dealkylation sites (N-methyl/N-ethyl adjacent to an activating group) is 1. The molecule has 3 aromatic carbocycles. The smallest absolute Gasteiger partial charge is 0.184 e. The molecule has 6 rings (SSSR count). The predicted octanol–water partition coefficient (Wildman–Crippen LogP) is 4.79. The number of nitrogens with zero attached hydrogens (tertiary/aromatic N) is 2. The van der Waals surface area contributed by atoms with E-state index in [-0.39, 0.29) is 11.8 Å². The molecule has 202 valence electrons. The molecule has 2 aliphatic rings. The summed E-state index contributed by atoms with van der Waals surface area (Å²) < 4.78 is 6.46. The first-order chi connectivity index (χ1) is 19.0. The number of nitrogens with one attached hydrogen (secondary N) is 3. The third kappa shape index (κ3) is 5.57. The number of para-hydroxylation sites is 1. The molecule has 1 saturated heterocycles. The molecule has 0 spiro atoms. The Morgan fingerprint density at radius 1 is 1.00 bits per heavy atom. The second kappa shape index (κ2) is 11.2. The summed E-state index contributed by atoms with van der Waals surface area (Å²) >= 11 is 0. The zero-order valence-corrected chi connectivity index (χ0v) is 22.7. The topological polar surface area (TPSA) is 72.6 Å². The van der Waals surface area contributed by atoms with Crippen LogP contribution in [0.15, 0.2) is 72.9 Å². The van der Waals surface area contributed by atoms with E-state index in [2.05, 4.69) is 63.7 Å². The third-order valence-electron chi connectivity index (χ3n) is 7.96. The lowest BCUT2D eigenvalue weighted by Crippen LogP contribution is -2.45. The van der Waals surface area contributed by atoms with Gasteiger partial charge in [0.1, 0.15) is 12.4 Å². The van der Waals surface area contributed by atoms with Gasteiger partial charge >= 0.3 is 0 Å². The van der Waals surface area contributed by atoms with E-state index in [1.807, 2.05) is 48.7 Å². The number of fused-ring (bicyclic) bond motifs is 2. The minimum atomic E-state index is -0.418. The number of carbonyl (C=O) groups excluding carboxylic acids is 1. The van der Waals surface area contributed by atoms with Gasteiger partial charge in [0.2, 0.25) is 0 Å². The summed E-state index contributed by atoms with van der Waals surface area (Å²) in [5, 5.41) is 8.17. The van der Waals surface area contributed by atoms with Crippen molar-refractivity contribution in [2.24, 2.45) is 0 Å². The van der Waals surface area contributed by atoms with E-state index in [1.165, 1.54) is 0 Å². The van der Waals surface area contributed by atoms with Crippen LogP contribution in [-0.4, -0.2) is 79.5 Å². The number of ketones is 1. The standard InChI is InChI=1S/C32H37N5O2/c1-22-21-34-31(27-5-3-4-6-29(27)35-22)32(38)25-7-9-26(23-8-10-28-24(19-23)11-12-33-28)30(20-25)39-18-17-37-15-13-36(2)14-16-37/h3-12,19-20,22,31,33-35H,13-18,21H2,1-2H3/t22-,31?/m0/s1. The largest absolute Gasteiger partial charge is 0.492 e. The van der Waals surface area contributed by atoms with Gasteiger partial charge in [0.05, 0.1) is 6.04 Å². The lowest BCUT2D eigenvalue weighted by molar-refractivity contribution is 0.0943. The minimum Gasteiger partial charge on any atom is -0.492 e. The highest BCUT2D eigenvalue weighted by molar-refractivity contribution is 6.02. The second-order valence-electron chi connectivity index (χ2n) is 10.8.